The summed E-state index contributed by atoms with van der Waals surface area (Å²) in [5, 5.41) is 43.9. The van der Waals surface area contributed by atoms with Gasteiger partial charge in [0.1, 0.15) is 36.1 Å². The number of carbonyl (C=O) groups excluding carboxylic acids is 1. The second-order valence-electron chi connectivity index (χ2n) is 11.5. The molecule has 276 valence electrons. The molecule has 8 atom stereocenters. The molecule has 5 rings (SSSR count). The third-order valence-electron chi connectivity index (χ3n) is 7.93. The molecule has 0 aliphatic carbocycles. The number of hydrogen-bond donors (Lipinski definition) is 5. The van der Waals surface area contributed by atoms with Crippen LogP contribution < -0.4 is 40.4 Å². The number of alkyl halides is 6. The van der Waals surface area contributed by atoms with Crippen LogP contribution in [0.5, 0.6) is 0 Å². The maximum Gasteiger partial charge on any atom is 1.00 e. The smallest absolute Gasteiger partial charge is 0.547 e. The number of benzene rings is 2. The summed E-state index contributed by atoms with van der Waals surface area (Å²) in [4.78, 5) is 26.1. The fourth-order valence-corrected chi connectivity index (χ4v) is 5.32. The van der Waals surface area contributed by atoms with Gasteiger partial charge in [0, 0.05) is 6.54 Å². The minimum atomic E-state index is -5.01. The van der Waals surface area contributed by atoms with E-state index >= 15 is 0 Å². The Hall–Kier alpha value is -2.92. The molecule has 0 bridgehead atoms. The van der Waals surface area contributed by atoms with E-state index in [1.807, 2.05) is 0 Å². The Morgan fingerprint density at radius 1 is 1.04 bits per heavy atom. The van der Waals surface area contributed by atoms with Crippen molar-refractivity contribution in [3.05, 3.63) is 86.8 Å². The molecule has 0 unspecified atom stereocenters. The van der Waals surface area contributed by atoms with E-state index in [1.165, 1.54) is 38.1 Å². The van der Waals surface area contributed by atoms with Gasteiger partial charge in [0.25, 0.3) is 0 Å². The maximum absolute atomic E-state index is 13.6. The number of rotatable bonds is 7. The van der Waals surface area contributed by atoms with Crippen molar-refractivity contribution in [3.8, 4) is 0 Å². The summed E-state index contributed by atoms with van der Waals surface area (Å²) in [6.07, 6.45) is -19.3. The van der Waals surface area contributed by atoms with Gasteiger partial charge in [-0.1, -0.05) is 12.1 Å². The predicted octanol–water partition coefficient (Wildman–Crippen LogP) is -1.44. The number of carbonyl (C=O) groups is 1. The van der Waals surface area contributed by atoms with Crippen LogP contribution in [-0.4, -0.2) is 91.3 Å². The zero-order chi connectivity index (χ0) is 37.1. The molecule has 21 heteroatoms. The van der Waals surface area contributed by atoms with Gasteiger partial charge in [0.15, 0.2) is 6.29 Å². The molecule has 1 aromatic heterocycles. The number of nitrogens with zero attached hydrogens (tertiary/aromatic N) is 2. The van der Waals surface area contributed by atoms with Crippen LogP contribution in [0.4, 0.5) is 30.7 Å². The van der Waals surface area contributed by atoms with Crippen molar-refractivity contribution in [2.45, 2.75) is 81.7 Å². The molecule has 2 saturated heterocycles. The zero-order valence-electron chi connectivity index (χ0n) is 27.1. The standard InChI is InChI=1S/C23H21F7N4O3.C7H12O6.Na/c1-12(14-8-15(22(25,26)27)10-16(9-14)23(28,29)30)37-20-19(13-2-4-17(24)5-3-13)34(6-7-36-20)11-18-31-21(35)33-32-18;1-2-3(8)4(9)5(10)6(13-2)7(11)12;/h2-5,8-10,12,19-20H,6-7,11H2,1H3,(H2,31,32,33,35);2-6,8-10H,1H3,(H,11,12);/q;;+1/p-1/t12-,19+,20-;2-,3-,4+,5-,6-;/m10./s1. The summed E-state index contributed by atoms with van der Waals surface area (Å²) in [6, 6.07) is 5.79. The van der Waals surface area contributed by atoms with Crippen LogP contribution in [0.3, 0.4) is 0 Å². The number of aromatic amines is 2. The minimum Gasteiger partial charge on any atom is -0.547 e. The van der Waals surface area contributed by atoms with Gasteiger partial charge in [-0.2, -0.15) is 31.4 Å². The fraction of sp³-hybridized carbons (Fsp3) is 0.500. The van der Waals surface area contributed by atoms with Crippen molar-refractivity contribution in [3.63, 3.8) is 0 Å². The molecule has 2 aliphatic heterocycles. The number of halogens is 7. The summed E-state index contributed by atoms with van der Waals surface area (Å²) >= 11 is 0. The van der Waals surface area contributed by atoms with E-state index in [1.54, 1.807) is 4.90 Å². The van der Waals surface area contributed by atoms with Crippen LogP contribution in [0.1, 0.15) is 54.1 Å². The molecule has 0 radical (unpaired) electrons. The number of morpholine rings is 1. The Balaban J connectivity index is 0.000000424. The Morgan fingerprint density at radius 3 is 2.14 bits per heavy atom. The van der Waals surface area contributed by atoms with E-state index in [9.17, 15) is 45.4 Å². The molecule has 2 aromatic carbocycles. The second-order valence-corrected chi connectivity index (χ2v) is 11.5. The van der Waals surface area contributed by atoms with Crippen molar-refractivity contribution >= 4 is 5.97 Å². The van der Waals surface area contributed by atoms with Crippen molar-refractivity contribution < 1.29 is 99.7 Å². The fourth-order valence-electron chi connectivity index (χ4n) is 5.32. The molecule has 3 aromatic rings. The molecule has 5 N–H and O–H groups in total. The van der Waals surface area contributed by atoms with Crippen LogP contribution in [-0.2, 0) is 37.9 Å². The van der Waals surface area contributed by atoms with Crippen LogP contribution >= 0.6 is 0 Å². The van der Waals surface area contributed by atoms with Crippen LogP contribution in [0.25, 0.3) is 0 Å². The third-order valence-corrected chi connectivity index (χ3v) is 7.93. The molecule has 0 spiro atoms. The van der Waals surface area contributed by atoms with E-state index in [2.05, 4.69) is 15.2 Å². The van der Waals surface area contributed by atoms with Crippen LogP contribution in [0.2, 0.25) is 0 Å². The summed E-state index contributed by atoms with van der Waals surface area (Å²) in [5.41, 5.74) is -3.30. The number of ether oxygens (including phenoxy) is 3. The number of aromatic nitrogens is 3. The number of carboxylic acids is 1. The van der Waals surface area contributed by atoms with E-state index < -0.39 is 89.9 Å². The largest absolute Gasteiger partial charge is 1.00 e. The number of aliphatic carboxylic acids is 1. The second kappa shape index (κ2) is 17.3. The van der Waals surface area contributed by atoms with Crippen molar-refractivity contribution in [2.24, 2.45) is 0 Å². The summed E-state index contributed by atoms with van der Waals surface area (Å²) in [6.45, 7) is 3.22. The molecule has 13 nitrogen and oxygen atoms in total. The SMILES string of the molecule is C[C@@H](O[C@H]1OCCN(Cc2n[nH]c(=O)[nH]2)[C@H]1c1ccc(F)cc1)c1cc(C(F)(F)F)cc(C(F)(F)F)c1.C[C@@H]1O[C@H](C(=O)[O-])[C@@H](O)[C@H](O)[C@H]1O.[Na+]. The molecule has 0 amide bonds. The van der Waals surface area contributed by atoms with Gasteiger partial charge in [-0.25, -0.2) is 14.3 Å². The maximum atomic E-state index is 13.6. The Morgan fingerprint density at radius 2 is 1.63 bits per heavy atom. The molecule has 0 saturated carbocycles. The van der Waals surface area contributed by atoms with Gasteiger partial charge in [0.05, 0.1) is 48.5 Å². The van der Waals surface area contributed by atoms with E-state index in [4.69, 9.17) is 29.5 Å². The van der Waals surface area contributed by atoms with Crippen LogP contribution in [0, 0.1) is 5.82 Å². The average Bonchev–Trinajstić information content (AvgIpc) is 3.45. The molecule has 2 aliphatic rings. The van der Waals surface area contributed by atoms with Crippen LogP contribution in [0.15, 0.2) is 47.3 Å². The molecule has 2 fully saturated rings. The van der Waals surface area contributed by atoms with Gasteiger partial charge in [-0.05, 0) is 55.3 Å². The minimum absolute atomic E-state index is 0. The predicted molar refractivity (Wildman–Crippen MR) is 152 cm³/mol. The summed E-state index contributed by atoms with van der Waals surface area (Å²) in [7, 11) is 0. The summed E-state index contributed by atoms with van der Waals surface area (Å²) in [5.74, 6) is -1.85. The number of nitrogens with one attached hydrogen (secondary N) is 2. The number of hydrogen-bond acceptors (Lipinski definition) is 11. The molecular formula is C30H32F7N4NaO9. The van der Waals surface area contributed by atoms with Gasteiger partial charge >= 0.3 is 47.6 Å². The zero-order valence-corrected chi connectivity index (χ0v) is 29.1. The Labute approximate surface area is 306 Å². The molecule has 51 heavy (non-hydrogen) atoms. The van der Waals surface area contributed by atoms with Gasteiger partial charge < -0.3 is 39.4 Å². The molecular weight excluding hydrogens is 716 g/mol. The van der Waals surface area contributed by atoms with E-state index in [-0.39, 0.29) is 60.2 Å². The molecule has 3 heterocycles. The third kappa shape index (κ3) is 10.8. The first-order valence-electron chi connectivity index (χ1n) is 14.9. The quantitative estimate of drug-likeness (QED) is 0.141. The number of aliphatic hydroxyl groups is 3. The van der Waals surface area contributed by atoms with E-state index in [0.717, 1.165) is 0 Å². The van der Waals surface area contributed by atoms with Gasteiger partial charge in [-0.15, -0.1) is 0 Å². The Kier molecular flexibility index (Phi) is 14.4. The van der Waals surface area contributed by atoms with Gasteiger partial charge in [0.2, 0.25) is 0 Å². The number of carboxylic acid groups (broad SMARTS) is 1. The first-order valence-corrected chi connectivity index (χ1v) is 14.9. The van der Waals surface area contributed by atoms with E-state index in [0.29, 0.717) is 24.2 Å². The Bertz CT molecular complexity index is 1630. The average molecular weight is 749 g/mol. The topological polar surface area (TPSA) is 193 Å². The van der Waals surface area contributed by atoms with Crippen molar-refractivity contribution in [1.82, 2.24) is 20.1 Å². The first kappa shape index (κ1) is 42.5. The van der Waals surface area contributed by atoms with Gasteiger partial charge in [-0.3, -0.25) is 9.88 Å². The first-order chi connectivity index (χ1) is 23.3. The number of H-pyrrole nitrogens is 2. The monoisotopic (exact) mass is 748 g/mol. The van der Waals surface area contributed by atoms with Crippen molar-refractivity contribution in [2.75, 3.05) is 13.2 Å². The normalized spacial score (nSPS) is 26.4. The number of aliphatic hydroxyl groups excluding tert-OH is 3. The van der Waals surface area contributed by atoms with Crippen molar-refractivity contribution in [1.29, 1.82) is 0 Å². The summed E-state index contributed by atoms with van der Waals surface area (Å²) < 4.78 is 110.